The minimum atomic E-state index is -0.0663. The van der Waals surface area contributed by atoms with Gasteiger partial charge in [-0.2, -0.15) is 5.10 Å². The maximum absolute atomic E-state index is 12.3. The predicted molar refractivity (Wildman–Crippen MR) is 87.8 cm³/mol. The van der Waals surface area contributed by atoms with Crippen LogP contribution in [-0.2, 0) is 6.54 Å². The molecule has 1 fully saturated rings. The molecule has 1 saturated heterocycles. The topological polar surface area (TPSA) is 55.1 Å². The molecule has 1 aliphatic heterocycles. The van der Waals surface area contributed by atoms with Crippen molar-refractivity contribution < 1.29 is 0 Å². The largest absolute Gasteiger partial charge is 0.369 e. The van der Waals surface area contributed by atoms with Gasteiger partial charge in [-0.15, -0.1) is 0 Å². The summed E-state index contributed by atoms with van der Waals surface area (Å²) >= 11 is 0. The molecule has 1 N–H and O–H groups in total. The molecule has 1 aliphatic rings. The standard InChI is InChI=1S/C16H23N5O/c1-2-3-10-21-16(22)20(13-18-21)15-6-4-14(5-7-15)19-11-8-17-9-12-19/h4-7,13,17H,2-3,8-12H2,1H3. The quantitative estimate of drug-likeness (QED) is 0.903. The third-order valence-corrected chi connectivity index (χ3v) is 4.07. The van der Waals surface area contributed by atoms with Gasteiger partial charge >= 0.3 is 5.69 Å². The average molecular weight is 301 g/mol. The van der Waals surface area contributed by atoms with Gasteiger partial charge in [-0.25, -0.2) is 14.0 Å². The highest BCUT2D eigenvalue weighted by Gasteiger charge is 2.11. The highest BCUT2D eigenvalue weighted by atomic mass is 16.2. The minimum Gasteiger partial charge on any atom is -0.369 e. The second-order valence-electron chi connectivity index (χ2n) is 5.61. The molecule has 1 aromatic heterocycles. The van der Waals surface area contributed by atoms with Crippen LogP contribution in [-0.4, -0.2) is 40.5 Å². The van der Waals surface area contributed by atoms with Gasteiger partial charge in [0.25, 0.3) is 0 Å². The minimum absolute atomic E-state index is 0.0663. The van der Waals surface area contributed by atoms with Gasteiger partial charge in [0.15, 0.2) is 0 Å². The summed E-state index contributed by atoms with van der Waals surface area (Å²) < 4.78 is 3.14. The monoisotopic (exact) mass is 301 g/mol. The number of rotatable bonds is 5. The Morgan fingerprint density at radius 2 is 1.82 bits per heavy atom. The number of piperazine rings is 1. The molecule has 0 bridgehead atoms. The number of aryl methyl sites for hydroxylation is 1. The van der Waals surface area contributed by atoms with Crippen LogP contribution in [0.1, 0.15) is 19.8 Å². The summed E-state index contributed by atoms with van der Waals surface area (Å²) in [5, 5.41) is 7.54. The van der Waals surface area contributed by atoms with E-state index in [4.69, 9.17) is 0 Å². The van der Waals surface area contributed by atoms with Crippen molar-refractivity contribution in [3.63, 3.8) is 0 Å². The van der Waals surface area contributed by atoms with Crippen LogP contribution in [0.5, 0.6) is 0 Å². The SMILES string of the molecule is CCCCn1ncn(-c2ccc(N3CCNCC3)cc2)c1=O. The van der Waals surface area contributed by atoms with Crippen LogP contribution in [0.2, 0.25) is 0 Å². The van der Waals surface area contributed by atoms with Crippen molar-refractivity contribution in [1.29, 1.82) is 0 Å². The summed E-state index contributed by atoms with van der Waals surface area (Å²) in [7, 11) is 0. The first-order valence-corrected chi connectivity index (χ1v) is 8.00. The summed E-state index contributed by atoms with van der Waals surface area (Å²) in [5.41, 5.74) is 2.01. The van der Waals surface area contributed by atoms with Gasteiger partial charge in [-0.05, 0) is 30.7 Å². The molecule has 6 nitrogen and oxygen atoms in total. The van der Waals surface area contributed by atoms with Gasteiger partial charge < -0.3 is 10.2 Å². The van der Waals surface area contributed by atoms with Crippen LogP contribution in [0.3, 0.4) is 0 Å². The van der Waals surface area contributed by atoms with E-state index >= 15 is 0 Å². The highest BCUT2D eigenvalue weighted by Crippen LogP contribution is 2.17. The Hall–Kier alpha value is -2.08. The Kier molecular flexibility index (Phi) is 4.58. The molecule has 0 radical (unpaired) electrons. The third-order valence-electron chi connectivity index (χ3n) is 4.07. The van der Waals surface area contributed by atoms with Crippen LogP contribution in [0.15, 0.2) is 35.4 Å². The second kappa shape index (κ2) is 6.79. The van der Waals surface area contributed by atoms with E-state index in [1.165, 1.54) is 10.4 Å². The molecule has 6 heteroatoms. The highest BCUT2D eigenvalue weighted by molar-refractivity contribution is 5.51. The molecule has 2 heterocycles. The Labute approximate surface area is 130 Å². The van der Waals surface area contributed by atoms with E-state index in [0.29, 0.717) is 6.54 Å². The lowest BCUT2D eigenvalue weighted by Crippen LogP contribution is -2.43. The fourth-order valence-electron chi connectivity index (χ4n) is 2.72. The van der Waals surface area contributed by atoms with Gasteiger partial charge in [-0.1, -0.05) is 13.3 Å². The fourth-order valence-corrected chi connectivity index (χ4v) is 2.72. The van der Waals surface area contributed by atoms with Crippen molar-refractivity contribution in [3.05, 3.63) is 41.1 Å². The molecule has 0 atom stereocenters. The van der Waals surface area contributed by atoms with E-state index in [9.17, 15) is 4.79 Å². The fraction of sp³-hybridized carbons (Fsp3) is 0.500. The second-order valence-corrected chi connectivity index (χ2v) is 5.61. The normalized spacial score (nSPS) is 15.2. The van der Waals surface area contributed by atoms with Crippen LogP contribution in [0.25, 0.3) is 5.69 Å². The molecule has 1 aromatic carbocycles. The molecule has 22 heavy (non-hydrogen) atoms. The van der Waals surface area contributed by atoms with Gasteiger partial charge in [0.1, 0.15) is 6.33 Å². The molecular weight excluding hydrogens is 278 g/mol. The molecular formula is C16H23N5O. The smallest absolute Gasteiger partial charge is 0.350 e. The van der Waals surface area contributed by atoms with Gasteiger partial charge in [0, 0.05) is 38.4 Å². The van der Waals surface area contributed by atoms with Crippen LogP contribution in [0.4, 0.5) is 5.69 Å². The molecule has 0 spiro atoms. The van der Waals surface area contributed by atoms with Gasteiger partial charge in [0.05, 0.1) is 5.69 Å². The predicted octanol–water partition coefficient (Wildman–Crippen LogP) is 1.24. The summed E-state index contributed by atoms with van der Waals surface area (Å²) in [6.45, 7) is 6.87. The lowest BCUT2D eigenvalue weighted by molar-refractivity contribution is 0.551. The van der Waals surface area contributed by atoms with E-state index in [-0.39, 0.29) is 5.69 Å². The number of unbranched alkanes of at least 4 members (excludes halogenated alkanes) is 1. The summed E-state index contributed by atoms with van der Waals surface area (Å²) in [4.78, 5) is 14.7. The van der Waals surface area contributed by atoms with Crippen molar-refractivity contribution in [2.24, 2.45) is 0 Å². The van der Waals surface area contributed by atoms with Gasteiger partial charge in [-0.3, -0.25) is 0 Å². The number of nitrogens with zero attached hydrogens (tertiary/aromatic N) is 4. The lowest BCUT2D eigenvalue weighted by atomic mass is 10.2. The molecule has 0 saturated carbocycles. The first-order valence-electron chi connectivity index (χ1n) is 8.00. The summed E-state index contributed by atoms with van der Waals surface area (Å²) in [6.07, 6.45) is 3.63. The molecule has 2 aromatic rings. The zero-order valence-corrected chi connectivity index (χ0v) is 13.0. The number of nitrogens with one attached hydrogen (secondary N) is 1. The number of aromatic nitrogens is 3. The number of hydrogen-bond donors (Lipinski definition) is 1. The van der Waals surface area contributed by atoms with E-state index in [1.807, 2.05) is 12.1 Å². The Morgan fingerprint density at radius 3 is 2.50 bits per heavy atom. The van der Waals surface area contributed by atoms with Crippen molar-refractivity contribution >= 4 is 5.69 Å². The number of hydrogen-bond acceptors (Lipinski definition) is 4. The van der Waals surface area contributed by atoms with E-state index in [1.54, 1.807) is 10.9 Å². The number of benzene rings is 1. The lowest BCUT2D eigenvalue weighted by Gasteiger charge is -2.29. The Morgan fingerprint density at radius 1 is 1.14 bits per heavy atom. The van der Waals surface area contributed by atoms with Gasteiger partial charge in [0.2, 0.25) is 0 Å². The van der Waals surface area contributed by atoms with Crippen LogP contribution in [0, 0.1) is 0 Å². The molecule has 118 valence electrons. The molecule has 3 rings (SSSR count). The third kappa shape index (κ3) is 3.06. The van der Waals surface area contributed by atoms with Crippen LogP contribution < -0.4 is 15.9 Å². The van der Waals surface area contributed by atoms with E-state index in [0.717, 1.165) is 44.7 Å². The summed E-state index contributed by atoms with van der Waals surface area (Å²) in [5.74, 6) is 0. The van der Waals surface area contributed by atoms with E-state index in [2.05, 4.69) is 34.4 Å². The van der Waals surface area contributed by atoms with Crippen molar-refractivity contribution in [1.82, 2.24) is 19.7 Å². The first-order chi connectivity index (χ1) is 10.8. The van der Waals surface area contributed by atoms with E-state index < -0.39 is 0 Å². The Balaban J connectivity index is 1.78. The zero-order valence-electron chi connectivity index (χ0n) is 13.0. The van der Waals surface area contributed by atoms with Crippen LogP contribution >= 0.6 is 0 Å². The molecule has 0 amide bonds. The Bertz CT molecular complexity index is 652. The first kappa shape index (κ1) is 14.8. The number of anilines is 1. The van der Waals surface area contributed by atoms with Crippen molar-refractivity contribution in [2.45, 2.75) is 26.3 Å². The van der Waals surface area contributed by atoms with Crippen molar-refractivity contribution in [3.8, 4) is 5.69 Å². The molecule has 0 aliphatic carbocycles. The zero-order chi connectivity index (χ0) is 15.4. The maximum atomic E-state index is 12.3. The molecule has 0 unspecified atom stereocenters. The summed E-state index contributed by atoms with van der Waals surface area (Å²) in [6, 6.07) is 8.14. The average Bonchev–Trinajstić information content (AvgIpc) is 2.95. The maximum Gasteiger partial charge on any atom is 0.350 e. The van der Waals surface area contributed by atoms with Crippen molar-refractivity contribution in [2.75, 3.05) is 31.1 Å².